The smallest absolute Gasteiger partial charge is 0.330 e. The minimum absolute atomic E-state index is 0.0887. The van der Waals surface area contributed by atoms with Gasteiger partial charge in [0.1, 0.15) is 49.8 Å². The van der Waals surface area contributed by atoms with E-state index in [9.17, 15) is 28.8 Å². The molecular formula is C29H36N4O14. The number of esters is 2. The van der Waals surface area contributed by atoms with Crippen LogP contribution in [0.3, 0.4) is 0 Å². The number of hydrogen-bond acceptors (Lipinski definition) is 14. The first-order valence-electron chi connectivity index (χ1n) is 15.2. The third-order valence-electron chi connectivity index (χ3n) is 8.08. The van der Waals surface area contributed by atoms with E-state index in [1.807, 2.05) is 0 Å². The first-order chi connectivity index (χ1) is 22.2. The van der Waals surface area contributed by atoms with Crippen LogP contribution >= 0.6 is 0 Å². The normalized spacial score (nSPS) is 31.7. The fraction of sp³-hybridized carbons (Fsp3) is 0.655. The van der Waals surface area contributed by atoms with Crippen molar-refractivity contribution in [2.75, 3.05) is 13.2 Å². The minimum atomic E-state index is -0.982. The van der Waals surface area contributed by atoms with Crippen LogP contribution in [-0.4, -0.2) is 92.5 Å². The number of hydrogen-bond donors (Lipinski definition) is 2. The fourth-order valence-electron chi connectivity index (χ4n) is 6.16. The van der Waals surface area contributed by atoms with E-state index >= 15 is 0 Å². The van der Waals surface area contributed by atoms with E-state index in [1.165, 1.54) is 33.7 Å². The van der Waals surface area contributed by atoms with Gasteiger partial charge >= 0.3 is 23.3 Å². The molecule has 256 valence electrons. The molecule has 0 spiro atoms. The maximum atomic E-state index is 12.5. The number of aromatic nitrogens is 4. The number of nitrogens with one attached hydrogen (secondary N) is 2. The lowest BCUT2D eigenvalue weighted by atomic mass is 10.1. The van der Waals surface area contributed by atoms with Gasteiger partial charge in [0.25, 0.3) is 11.1 Å². The number of nitrogens with zero attached hydrogens (tertiary/aromatic N) is 2. The van der Waals surface area contributed by atoms with Gasteiger partial charge in [-0.2, -0.15) is 0 Å². The molecule has 0 aromatic carbocycles. The molecule has 6 rings (SSSR count). The van der Waals surface area contributed by atoms with Crippen molar-refractivity contribution in [2.45, 2.75) is 108 Å². The summed E-state index contributed by atoms with van der Waals surface area (Å²) in [5, 5.41) is 0. The topological polar surface area (TPSA) is 218 Å². The summed E-state index contributed by atoms with van der Waals surface area (Å²) >= 11 is 0. The third kappa shape index (κ3) is 7.02. The van der Waals surface area contributed by atoms with Crippen LogP contribution in [0.1, 0.15) is 59.4 Å². The van der Waals surface area contributed by atoms with E-state index in [2.05, 4.69) is 9.97 Å². The molecule has 4 fully saturated rings. The molecule has 2 aromatic heterocycles. The van der Waals surface area contributed by atoms with Gasteiger partial charge in [0, 0.05) is 37.4 Å². The van der Waals surface area contributed by atoms with E-state index in [0.717, 1.165) is 0 Å². The zero-order valence-electron chi connectivity index (χ0n) is 26.1. The molecule has 0 bridgehead atoms. The molecule has 0 radical (unpaired) electrons. The molecule has 18 nitrogen and oxygen atoms in total. The van der Waals surface area contributed by atoms with Crippen molar-refractivity contribution in [1.29, 1.82) is 0 Å². The van der Waals surface area contributed by atoms with Crippen LogP contribution in [0.4, 0.5) is 0 Å². The van der Waals surface area contributed by atoms with E-state index in [1.54, 1.807) is 27.7 Å². The fourth-order valence-corrected chi connectivity index (χ4v) is 6.16. The molecule has 4 saturated heterocycles. The highest BCUT2D eigenvalue weighted by molar-refractivity contribution is 5.72. The summed E-state index contributed by atoms with van der Waals surface area (Å²) in [6.45, 7) is 6.44. The van der Waals surface area contributed by atoms with Crippen molar-refractivity contribution in [3.63, 3.8) is 0 Å². The highest BCUT2D eigenvalue weighted by Gasteiger charge is 2.57. The second kappa shape index (κ2) is 12.6. The Labute approximate surface area is 265 Å². The SMILES string of the molecule is CC1(C)O[C@@H]2[C@H](O1)[C@@H](COC(=O)CCCC(=O)OC[C@H]1O[C@@H](n3ccc(=O)[nH]c3=O)[C@@H]3OC(C)(C)O[C@@H]31)O[C@H]2n1ccc(=O)[nH]c1=O. The van der Waals surface area contributed by atoms with E-state index in [4.69, 9.17) is 37.9 Å². The minimum Gasteiger partial charge on any atom is -0.463 e. The van der Waals surface area contributed by atoms with E-state index < -0.39 is 95.1 Å². The van der Waals surface area contributed by atoms with Crippen molar-refractivity contribution >= 4 is 11.9 Å². The molecule has 8 atom stereocenters. The maximum Gasteiger partial charge on any atom is 0.330 e. The third-order valence-corrected chi connectivity index (χ3v) is 8.08. The molecule has 0 amide bonds. The van der Waals surface area contributed by atoms with Gasteiger partial charge in [-0.05, 0) is 34.1 Å². The quantitative estimate of drug-likeness (QED) is 0.297. The first kappa shape index (κ1) is 33.0. The molecule has 0 aliphatic carbocycles. The summed E-state index contributed by atoms with van der Waals surface area (Å²) in [6.07, 6.45) is -3.56. The van der Waals surface area contributed by atoms with Crippen molar-refractivity contribution in [3.8, 4) is 0 Å². The Balaban J connectivity index is 0.973. The summed E-state index contributed by atoms with van der Waals surface area (Å²) in [7, 11) is 0. The summed E-state index contributed by atoms with van der Waals surface area (Å²) in [5.41, 5.74) is -2.49. The molecule has 2 aromatic rings. The lowest BCUT2D eigenvalue weighted by Crippen LogP contribution is -2.37. The number of fused-ring (bicyclic) bond motifs is 2. The van der Waals surface area contributed by atoms with E-state index in [0.29, 0.717) is 0 Å². The molecule has 4 aliphatic heterocycles. The summed E-state index contributed by atoms with van der Waals surface area (Å²) in [5.74, 6) is -3.14. The largest absolute Gasteiger partial charge is 0.463 e. The average Bonchev–Trinajstić information content (AvgIpc) is 3.67. The zero-order valence-corrected chi connectivity index (χ0v) is 26.1. The van der Waals surface area contributed by atoms with Gasteiger partial charge in [-0.1, -0.05) is 0 Å². The van der Waals surface area contributed by atoms with Crippen LogP contribution in [0.25, 0.3) is 0 Å². The standard InChI is InChI=1S/C29H36N4O14/c1-28(2)44-20-14(42-24(22(20)46-28)32-10-8-16(34)30-26(32)38)12-40-18(36)6-5-7-19(37)41-13-15-21-23(47-29(3,4)45-21)25(43-15)33-11-9-17(35)31-27(33)39/h8-11,14-15,20-25H,5-7,12-13H2,1-4H3,(H,30,34,38)(H,31,35,39)/t14-,15-,20-,21-,22-,23-,24-,25-/m1/s1. The van der Waals surface area contributed by atoms with Crippen LogP contribution in [-0.2, 0) is 47.5 Å². The lowest BCUT2D eigenvalue weighted by Gasteiger charge is -2.24. The first-order valence-corrected chi connectivity index (χ1v) is 15.2. The Morgan fingerprint density at radius 3 is 1.45 bits per heavy atom. The molecule has 0 unspecified atom stereocenters. The van der Waals surface area contributed by atoms with Gasteiger partial charge in [0.15, 0.2) is 24.0 Å². The van der Waals surface area contributed by atoms with Crippen molar-refractivity contribution in [2.24, 2.45) is 0 Å². The Hall–Kier alpha value is -3.94. The van der Waals surface area contributed by atoms with Crippen LogP contribution < -0.4 is 22.5 Å². The Kier molecular flexibility index (Phi) is 8.83. The van der Waals surface area contributed by atoms with Crippen LogP contribution in [0, 0.1) is 0 Å². The molecular weight excluding hydrogens is 628 g/mol. The number of aromatic amines is 2. The maximum absolute atomic E-state index is 12.5. The molecule has 4 aliphatic rings. The molecule has 47 heavy (non-hydrogen) atoms. The Morgan fingerprint density at radius 1 is 0.681 bits per heavy atom. The molecule has 18 heteroatoms. The second-order valence-corrected chi connectivity index (χ2v) is 12.5. The van der Waals surface area contributed by atoms with Gasteiger partial charge in [0.05, 0.1) is 0 Å². The van der Waals surface area contributed by atoms with Crippen LogP contribution in [0.2, 0.25) is 0 Å². The number of H-pyrrole nitrogens is 2. The Morgan fingerprint density at radius 2 is 1.06 bits per heavy atom. The predicted octanol–water partition coefficient (Wildman–Crippen LogP) is -0.821. The van der Waals surface area contributed by atoms with Crippen molar-refractivity contribution in [3.05, 3.63) is 66.2 Å². The molecule has 0 saturated carbocycles. The molecule has 2 N–H and O–H groups in total. The van der Waals surface area contributed by atoms with Gasteiger partial charge in [0.2, 0.25) is 0 Å². The highest BCUT2D eigenvalue weighted by atomic mass is 16.8. The zero-order chi connectivity index (χ0) is 33.7. The van der Waals surface area contributed by atoms with Gasteiger partial charge in [-0.15, -0.1) is 0 Å². The summed E-state index contributed by atoms with van der Waals surface area (Å²) in [4.78, 5) is 77.2. The Bertz CT molecular complexity index is 1620. The van der Waals surface area contributed by atoms with Gasteiger partial charge in [-0.3, -0.25) is 38.3 Å². The predicted molar refractivity (Wildman–Crippen MR) is 154 cm³/mol. The summed E-state index contributed by atoms with van der Waals surface area (Å²) in [6, 6.07) is 2.37. The van der Waals surface area contributed by atoms with Crippen LogP contribution in [0.5, 0.6) is 0 Å². The average molecular weight is 665 g/mol. The number of carbonyl (C=O) groups excluding carboxylic acids is 2. The molecule has 6 heterocycles. The number of carbonyl (C=O) groups is 2. The van der Waals surface area contributed by atoms with Gasteiger partial charge in [-0.25, -0.2) is 9.59 Å². The highest BCUT2D eigenvalue weighted by Crippen LogP contribution is 2.43. The number of ether oxygens (including phenoxy) is 8. The number of rotatable bonds is 10. The van der Waals surface area contributed by atoms with Crippen LogP contribution in [0.15, 0.2) is 43.7 Å². The van der Waals surface area contributed by atoms with E-state index in [-0.39, 0.29) is 32.5 Å². The van der Waals surface area contributed by atoms with Crippen molar-refractivity contribution in [1.82, 2.24) is 19.1 Å². The monoisotopic (exact) mass is 664 g/mol. The lowest BCUT2D eigenvalue weighted by molar-refractivity contribution is -0.203. The van der Waals surface area contributed by atoms with Gasteiger partial charge < -0.3 is 37.9 Å². The summed E-state index contributed by atoms with van der Waals surface area (Å²) < 4.78 is 48.9. The van der Waals surface area contributed by atoms with Crippen molar-refractivity contribution < 1.29 is 47.5 Å². The second-order valence-electron chi connectivity index (χ2n) is 12.5.